The summed E-state index contributed by atoms with van der Waals surface area (Å²) < 4.78 is 0. The van der Waals surface area contributed by atoms with E-state index in [2.05, 4.69) is 10.3 Å². The topological polar surface area (TPSA) is 71.2 Å². The molecule has 0 spiro atoms. The van der Waals surface area contributed by atoms with Crippen LogP contribution in [0.1, 0.15) is 50.1 Å². The van der Waals surface area contributed by atoms with E-state index in [1.165, 1.54) is 0 Å². The molecule has 1 saturated heterocycles. The summed E-state index contributed by atoms with van der Waals surface area (Å²) in [5, 5.41) is 3.06. The quantitative estimate of drug-likeness (QED) is 0.893. The van der Waals surface area contributed by atoms with Crippen LogP contribution in [0.25, 0.3) is 0 Å². The number of carbonyl (C=O) groups is 1. The second-order valence-electron chi connectivity index (χ2n) is 6.24. The van der Waals surface area contributed by atoms with E-state index in [1.807, 2.05) is 24.1 Å². The van der Waals surface area contributed by atoms with Crippen molar-refractivity contribution in [2.24, 2.45) is 5.73 Å². The number of anilines is 1. The number of hydrogen-bond acceptors (Lipinski definition) is 4. The van der Waals surface area contributed by atoms with Crippen LogP contribution in [0.5, 0.6) is 0 Å². The fourth-order valence-corrected chi connectivity index (χ4v) is 3.65. The van der Waals surface area contributed by atoms with Gasteiger partial charge in [0, 0.05) is 19.8 Å². The van der Waals surface area contributed by atoms with E-state index < -0.39 is 5.54 Å². The van der Waals surface area contributed by atoms with Gasteiger partial charge in [-0.2, -0.15) is 0 Å². The Kier molecular flexibility index (Phi) is 3.85. The second-order valence-corrected chi connectivity index (χ2v) is 6.24. The first kappa shape index (κ1) is 14.3. The Morgan fingerprint density at radius 3 is 2.90 bits per heavy atom. The third-order valence-corrected chi connectivity index (χ3v) is 4.86. The van der Waals surface area contributed by atoms with Crippen LogP contribution in [0.4, 0.5) is 5.82 Å². The average molecular weight is 288 g/mol. The van der Waals surface area contributed by atoms with Gasteiger partial charge in [-0.25, -0.2) is 4.98 Å². The summed E-state index contributed by atoms with van der Waals surface area (Å²) in [6, 6.07) is 4.19. The molecule has 5 heteroatoms. The highest BCUT2D eigenvalue weighted by Crippen LogP contribution is 2.37. The predicted molar refractivity (Wildman–Crippen MR) is 82.9 cm³/mol. The van der Waals surface area contributed by atoms with Crippen LogP contribution in [0.15, 0.2) is 18.3 Å². The predicted octanol–water partition coefficient (Wildman–Crippen LogP) is 2.06. The minimum Gasteiger partial charge on any atom is -0.373 e. The van der Waals surface area contributed by atoms with Gasteiger partial charge in [0.25, 0.3) is 0 Å². The molecule has 1 aliphatic heterocycles. The summed E-state index contributed by atoms with van der Waals surface area (Å²) in [6.07, 6.45) is 7.65. The number of nitrogens with one attached hydrogen (secondary N) is 1. The molecule has 1 aliphatic carbocycles. The van der Waals surface area contributed by atoms with Gasteiger partial charge >= 0.3 is 0 Å². The molecule has 1 unspecified atom stereocenters. The molecule has 1 aromatic rings. The molecule has 1 saturated carbocycles. The molecule has 5 nitrogen and oxygen atoms in total. The summed E-state index contributed by atoms with van der Waals surface area (Å²) in [5.41, 5.74) is 6.89. The van der Waals surface area contributed by atoms with Crippen LogP contribution in [0.2, 0.25) is 0 Å². The molecule has 1 aromatic heterocycles. The highest BCUT2D eigenvalue weighted by molar-refractivity contribution is 5.87. The first-order chi connectivity index (χ1) is 10.1. The third-order valence-electron chi connectivity index (χ3n) is 4.86. The minimum atomic E-state index is -0.624. The summed E-state index contributed by atoms with van der Waals surface area (Å²) in [7, 11) is 1.86. The Bertz CT molecular complexity index is 525. The van der Waals surface area contributed by atoms with Crippen molar-refractivity contribution in [1.82, 2.24) is 9.88 Å². The number of hydrogen-bond donors (Lipinski definition) is 2. The van der Waals surface area contributed by atoms with E-state index in [9.17, 15) is 4.79 Å². The summed E-state index contributed by atoms with van der Waals surface area (Å²) in [4.78, 5) is 19.1. The van der Waals surface area contributed by atoms with Gasteiger partial charge in [0.1, 0.15) is 5.82 Å². The van der Waals surface area contributed by atoms with Gasteiger partial charge in [-0.05, 0) is 43.4 Å². The highest BCUT2D eigenvalue weighted by Gasteiger charge is 2.43. The van der Waals surface area contributed by atoms with Crippen LogP contribution >= 0.6 is 0 Å². The molecule has 21 heavy (non-hydrogen) atoms. The first-order valence-corrected chi connectivity index (χ1v) is 7.88. The van der Waals surface area contributed by atoms with Crippen LogP contribution in [-0.4, -0.2) is 34.9 Å². The number of carbonyl (C=O) groups excluding carboxylic acids is 1. The van der Waals surface area contributed by atoms with Crippen molar-refractivity contribution in [1.29, 1.82) is 0 Å². The fraction of sp³-hybridized carbons (Fsp3) is 0.625. The molecule has 1 amide bonds. The average Bonchev–Trinajstić information content (AvgIpc) is 3.16. The number of aromatic nitrogens is 1. The van der Waals surface area contributed by atoms with E-state index in [-0.39, 0.29) is 11.9 Å². The Balaban J connectivity index is 1.83. The third kappa shape index (κ3) is 2.62. The largest absolute Gasteiger partial charge is 0.373 e. The Hall–Kier alpha value is -1.62. The molecule has 2 heterocycles. The zero-order valence-electron chi connectivity index (χ0n) is 12.6. The van der Waals surface area contributed by atoms with Crippen LogP contribution in [0.3, 0.4) is 0 Å². The number of amides is 1. The monoisotopic (exact) mass is 288 g/mol. The van der Waals surface area contributed by atoms with Crippen LogP contribution < -0.4 is 11.1 Å². The van der Waals surface area contributed by atoms with Crippen LogP contribution in [-0.2, 0) is 4.79 Å². The van der Waals surface area contributed by atoms with Gasteiger partial charge in [0.2, 0.25) is 5.91 Å². The zero-order valence-corrected chi connectivity index (χ0v) is 12.6. The van der Waals surface area contributed by atoms with Gasteiger partial charge in [0.05, 0.1) is 11.6 Å². The smallest absolute Gasteiger partial charge is 0.243 e. The number of pyridine rings is 1. The molecule has 1 atom stereocenters. The zero-order chi connectivity index (χ0) is 14.9. The lowest BCUT2D eigenvalue weighted by molar-refractivity contribution is -0.137. The SMILES string of the molecule is CNc1cc(C2CCCN2C(=O)C2(N)CCCC2)ccn1. The Morgan fingerprint density at radius 1 is 1.43 bits per heavy atom. The molecule has 3 rings (SSSR count). The summed E-state index contributed by atoms with van der Waals surface area (Å²) in [5.74, 6) is 0.987. The van der Waals surface area contributed by atoms with Crippen LogP contribution in [0, 0.1) is 0 Å². The van der Waals surface area contributed by atoms with Crippen molar-refractivity contribution >= 4 is 11.7 Å². The Labute approximate surface area is 125 Å². The van der Waals surface area contributed by atoms with Gasteiger partial charge in [-0.1, -0.05) is 12.8 Å². The van der Waals surface area contributed by atoms with Crippen molar-refractivity contribution < 1.29 is 4.79 Å². The molecule has 0 bridgehead atoms. The standard InChI is InChI=1S/C16H24N4O/c1-18-14-11-12(6-9-19-14)13-5-4-10-20(13)15(21)16(17)7-2-3-8-16/h6,9,11,13H,2-5,7-8,10,17H2,1H3,(H,18,19). The van der Waals surface area contributed by atoms with E-state index >= 15 is 0 Å². The maximum atomic E-state index is 12.9. The van der Waals surface area contributed by atoms with Crippen molar-refractivity contribution in [3.63, 3.8) is 0 Å². The molecule has 3 N–H and O–H groups in total. The lowest BCUT2D eigenvalue weighted by Gasteiger charge is -2.33. The molecule has 0 aromatic carbocycles. The summed E-state index contributed by atoms with van der Waals surface area (Å²) in [6.45, 7) is 0.819. The number of nitrogens with two attached hydrogens (primary N) is 1. The van der Waals surface area contributed by atoms with Gasteiger partial charge < -0.3 is 16.0 Å². The Morgan fingerprint density at radius 2 is 2.19 bits per heavy atom. The number of nitrogens with zero attached hydrogens (tertiary/aromatic N) is 2. The van der Waals surface area contributed by atoms with Gasteiger partial charge in [-0.3, -0.25) is 4.79 Å². The van der Waals surface area contributed by atoms with Crippen molar-refractivity contribution in [3.05, 3.63) is 23.9 Å². The van der Waals surface area contributed by atoms with Crippen molar-refractivity contribution in [2.75, 3.05) is 18.9 Å². The lowest BCUT2D eigenvalue weighted by atomic mass is 9.95. The van der Waals surface area contributed by atoms with Crippen molar-refractivity contribution in [2.45, 2.75) is 50.1 Å². The maximum absolute atomic E-state index is 12.9. The maximum Gasteiger partial charge on any atom is 0.243 e. The first-order valence-electron chi connectivity index (χ1n) is 7.88. The van der Waals surface area contributed by atoms with Gasteiger partial charge in [0.15, 0.2) is 0 Å². The summed E-state index contributed by atoms with van der Waals surface area (Å²) >= 11 is 0. The minimum absolute atomic E-state index is 0.144. The second kappa shape index (κ2) is 5.64. The fourth-order valence-electron chi connectivity index (χ4n) is 3.65. The van der Waals surface area contributed by atoms with Crippen molar-refractivity contribution in [3.8, 4) is 0 Å². The molecule has 2 aliphatic rings. The van der Waals surface area contributed by atoms with E-state index in [0.29, 0.717) is 0 Å². The van der Waals surface area contributed by atoms with E-state index in [0.717, 1.165) is 56.5 Å². The lowest BCUT2D eigenvalue weighted by Crippen LogP contribution is -2.53. The molecular weight excluding hydrogens is 264 g/mol. The molecule has 114 valence electrons. The highest BCUT2D eigenvalue weighted by atomic mass is 16.2. The van der Waals surface area contributed by atoms with E-state index in [1.54, 1.807) is 6.20 Å². The molecule has 2 fully saturated rings. The number of rotatable bonds is 3. The molecular formula is C16H24N4O. The molecule has 0 radical (unpaired) electrons. The van der Waals surface area contributed by atoms with Gasteiger partial charge in [-0.15, -0.1) is 0 Å². The number of likely N-dealkylation sites (tertiary alicyclic amines) is 1. The van der Waals surface area contributed by atoms with E-state index in [4.69, 9.17) is 5.73 Å². The normalized spacial score (nSPS) is 24.3.